The van der Waals surface area contributed by atoms with Gasteiger partial charge in [-0.25, -0.2) is 14.6 Å². The lowest BCUT2D eigenvalue weighted by Crippen LogP contribution is -2.47. The molecule has 0 bridgehead atoms. The molecule has 4 aromatic rings. The highest BCUT2D eigenvalue weighted by Crippen LogP contribution is 2.33. The van der Waals surface area contributed by atoms with Gasteiger partial charge in [-0.3, -0.25) is 4.68 Å². The third-order valence-corrected chi connectivity index (χ3v) is 6.18. The van der Waals surface area contributed by atoms with Gasteiger partial charge in [-0.1, -0.05) is 18.2 Å². The second-order valence-corrected chi connectivity index (χ2v) is 7.96. The molecule has 0 unspecified atom stereocenters. The molecule has 0 aliphatic carbocycles. The highest BCUT2D eigenvalue weighted by atomic mass is 16.5. The van der Waals surface area contributed by atoms with E-state index in [1.54, 1.807) is 19.5 Å². The van der Waals surface area contributed by atoms with Crippen molar-refractivity contribution in [3.05, 3.63) is 59.9 Å². The topological polar surface area (TPSA) is 75.1 Å². The Kier molecular flexibility index (Phi) is 4.94. The molecule has 0 N–H and O–H groups in total. The lowest BCUT2D eigenvalue weighted by Gasteiger charge is -2.38. The summed E-state index contributed by atoms with van der Waals surface area (Å²) in [6.45, 7) is 5.38. The van der Waals surface area contributed by atoms with Crippen molar-refractivity contribution < 1.29 is 4.74 Å². The number of rotatable bonds is 4. The van der Waals surface area contributed by atoms with Crippen molar-refractivity contribution in [2.75, 3.05) is 43.1 Å². The number of fused-ring (bicyclic) bond motifs is 1. The predicted molar refractivity (Wildman–Crippen MR) is 125 cm³/mol. The number of anilines is 2. The number of benzene rings is 2. The number of para-hydroxylation sites is 1. The number of hydrogen-bond acceptors (Lipinski definition) is 6. The van der Waals surface area contributed by atoms with Gasteiger partial charge in [0.25, 0.3) is 0 Å². The molecule has 0 atom stereocenters. The fourth-order valence-electron chi connectivity index (χ4n) is 4.48. The summed E-state index contributed by atoms with van der Waals surface area (Å²) in [6.07, 6.45) is 1.65. The Bertz CT molecular complexity index is 1320. The Morgan fingerprint density at radius 3 is 2.44 bits per heavy atom. The molecule has 162 valence electrons. The summed E-state index contributed by atoms with van der Waals surface area (Å²) < 4.78 is 9.79. The molecule has 0 amide bonds. The summed E-state index contributed by atoms with van der Waals surface area (Å²) in [5, 5.41) is 9.28. The number of methoxy groups -OCH3 is 1. The van der Waals surface area contributed by atoms with E-state index in [-0.39, 0.29) is 0 Å². The molecule has 8 heteroatoms. The molecule has 0 saturated carbocycles. The average molecular weight is 428 g/mol. The van der Waals surface area contributed by atoms with Crippen LogP contribution in [0.3, 0.4) is 0 Å². The Morgan fingerprint density at radius 1 is 0.969 bits per heavy atom. The van der Waals surface area contributed by atoms with Crippen LogP contribution in [-0.4, -0.2) is 52.6 Å². The van der Waals surface area contributed by atoms with E-state index in [2.05, 4.69) is 61.3 Å². The van der Waals surface area contributed by atoms with Crippen LogP contribution in [0.4, 0.5) is 11.5 Å². The molecule has 0 spiro atoms. The molecule has 1 fully saturated rings. The zero-order valence-electron chi connectivity index (χ0n) is 18.5. The van der Waals surface area contributed by atoms with Crippen LogP contribution in [0.15, 0.2) is 48.8 Å². The summed E-state index contributed by atoms with van der Waals surface area (Å²) >= 11 is 0. The van der Waals surface area contributed by atoms with Crippen LogP contribution in [0.25, 0.3) is 16.9 Å². The second kappa shape index (κ2) is 7.93. The third-order valence-electron chi connectivity index (χ3n) is 6.18. The van der Waals surface area contributed by atoms with Gasteiger partial charge >= 0.3 is 0 Å². The first-order valence-corrected chi connectivity index (χ1v) is 10.6. The van der Waals surface area contributed by atoms with Crippen LogP contribution in [0.5, 0.6) is 5.75 Å². The van der Waals surface area contributed by atoms with Gasteiger partial charge in [-0.2, -0.15) is 5.26 Å². The Balaban J connectivity index is 1.42. The molecule has 2 aromatic carbocycles. The molecule has 3 heterocycles. The van der Waals surface area contributed by atoms with Crippen molar-refractivity contribution in [2.24, 2.45) is 7.05 Å². The van der Waals surface area contributed by atoms with Crippen LogP contribution >= 0.6 is 0 Å². The number of nitrogens with zero attached hydrogens (tertiary/aromatic N) is 7. The molecule has 8 nitrogen and oxygen atoms in total. The molecule has 1 saturated heterocycles. The van der Waals surface area contributed by atoms with Crippen molar-refractivity contribution >= 4 is 22.7 Å². The van der Waals surface area contributed by atoms with E-state index in [0.29, 0.717) is 5.56 Å². The van der Waals surface area contributed by atoms with Gasteiger partial charge < -0.3 is 14.5 Å². The Labute approximate surface area is 186 Å². The zero-order chi connectivity index (χ0) is 22.2. The fraction of sp³-hybridized carbons (Fsp3) is 0.292. The van der Waals surface area contributed by atoms with Crippen LogP contribution in [0, 0.1) is 18.3 Å². The van der Waals surface area contributed by atoms with Crippen LogP contribution < -0.4 is 14.5 Å². The van der Waals surface area contributed by atoms with Crippen molar-refractivity contribution in [3.8, 4) is 17.5 Å². The van der Waals surface area contributed by atoms with E-state index in [0.717, 1.165) is 60.3 Å². The first-order chi connectivity index (χ1) is 15.6. The largest absolute Gasteiger partial charge is 0.495 e. The number of aryl methyl sites for hydroxylation is 2. The summed E-state index contributed by atoms with van der Waals surface area (Å²) in [5.74, 6) is 1.75. The van der Waals surface area contributed by atoms with Crippen molar-refractivity contribution in [3.63, 3.8) is 0 Å². The first-order valence-electron chi connectivity index (χ1n) is 10.6. The normalized spacial score (nSPS) is 14.1. The fourth-order valence-corrected chi connectivity index (χ4v) is 4.48. The van der Waals surface area contributed by atoms with E-state index in [1.165, 1.54) is 5.56 Å². The van der Waals surface area contributed by atoms with Crippen molar-refractivity contribution in [1.82, 2.24) is 19.3 Å². The predicted octanol–water partition coefficient (Wildman–Crippen LogP) is 3.27. The summed E-state index contributed by atoms with van der Waals surface area (Å²) in [4.78, 5) is 13.8. The monoisotopic (exact) mass is 427 g/mol. The number of nitriles is 1. The summed E-state index contributed by atoms with van der Waals surface area (Å²) in [6, 6.07) is 16.1. The minimum atomic E-state index is 0.637. The molecule has 5 rings (SSSR count). The van der Waals surface area contributed by atoms with Crippen LogP contribution in [0.1, 0.15) is 11.1 Å². The van der Waals surface area contributed by atoms with Gasteiger partial charge in [-0.15, -0.1) is 0 Å². The molecule has 2 aromatic heterocycles. The average Bonchev–Trinajstić information content (AvgIpc) is 2.84. The lowest BCUT2D eigenvalue weighted by molar-refractivity contribution is 0.413. The Morgan fingerprint density at radius 2 is 1.72 bits per heavy atom. The maximum absolute atomic E-state index is 9.28. The molecule has 1 aliphatic rings. The first kappa shape index (κ1) is 19.9. The molecular formula is C24H25N7O. The molecular weight excluding hydrogens is 402 g/mol. The van der Waals surface area contributed by atoms with Crippen LogP contribution in [0.2, 0.25) is 0 Å². The van der Waals surface area contributed by atoms with Gasteiger partial charge in [0.15, 0.2) is 11.5 Å². The summed E-state index contributed by atoms with van der Waals surface area (Å²) in [5.41, 5.74) is 5.91. The minimum Gasteiger partial charge on any atom is -0.495 e. The maximum atomic E-state index is 9.28. The van der Waals surface area contributed by atoms with E-state index >= 15 is 0 Å². The lowest BCUT2D eigenvalue weighted by atomic mass is 10.1. The highest BCUT2D eigenvalue weighted by Gasteiger charge is 2.26. The molecule has 32 heavy (non-hydrogen) atoms. The molecule has 1 aliphatic heterocycles. The van der Waals surface area contributed by atoms with E-state index in [9.17, 15) is 5.26 Å². The Hall–Kier alpha value is -3.99. The smallest absolute Gasteiger partial charge is 0.183 e. The van der Waals surface area contributed by atoms with Gasteiger partial charge in [-0.05, 0) is 36.8 Å². The second-order valence-electron chi connectivity index (χ2n) is 7.96. The van der Waals surface area contributed by atoms with Gasteiger partial charge in [0, 0.05) is 33.2 Å². The van der Waals surface area contributed by atoms with Crippen molar-refractivity contribution in [2.45, 2.75) is 6.92 Å². The van der Waals surface area contributed by atoms with Gasteiger partial charge in [0.2, 0.25) is 0 Å². The molecule has 0 radical (unpaired) electrons. The quantitative estimate of drug-likeness (QED) is 0.498. The number of aromatic nitrogens is 4. The SMILES string of the molecule is COc1ccc(C#N)cc1N1CCN(c2ncnc3c2n(C)n3-c2ccccc2C)CC1. The summed E-state index contributed by atoms with van der Waals surface area (Å²) in [7, 11) is 3.72. The van der Waals surface area contributed by atoms with E-state index in [1.807, 2.05) is 24.3 Å². The van der Waals surface area contributed by atoms with Gasteiger partial charge in [0.05, 0.1) is 30.1 Å². The minimum absolute atomic E-state index is 0.637. The number of ether oxygens (including phenoxy) is 1. The van der Waals surface area contributed by atoms with Crippen LogP contribution in [-0.2, 0) is 7.05 Å². The van der Waals surface area contributed by atoms with Crippen molar-refractivity contribution in [1.29, 1.82) is 5.26 Å². The zero-order valence-corrected chi connectivity index (χ0v) is 18.5. The third kappa shape index (κ3) is 3.14. The van der Waals surface area contributed by atoms with Gasteiger partial charge in [0.1, 0.15) is 17.6 Å². The highest BCUT2D eigenvalue weighted by molar-refractivity contribution is 5.87. The number of piperazine rings is 1. The van der Waals surface area contributed by atoms with E-state index in [4.69, 9.17) is 4.74 Å². The van der Waals surface area contributed by atoms with E-state index < -0.39 is 0 Å². The number of hydrogen-bond donors (Lipinski definition) is 0. The standard InChI is InChI=1S/C24H25N7O/c1-17-6-4-5-7-19(17)31-24-22(28(31)2)23(26-16-27-24)30-12-10-29(11-13-30)20-14-18(15-25)8-9-21(20)32-3/h4-9,14,16H,10-13H2,1-3H3. The maximum Gasteiger partial charge on any atom is 0.183 e.